The van der Waals surface area contributed by atoms with Crippen LogP contribution in [0.5, 0.6) is 0 Å². The maximum absolute atomic E-state index is 6.23. The van der Waals surface area contributed by atoms with Crippen LogP contribution in [-0.4, -0.2) is 4.98 Å². The highest BCUT2D eigenvalue weighted by molar-refractivity contribution is 6.05. The van der Waals surface area contributed by atoms with E-state index in [1.807, 2.05) is 36.4 Å². The lowest BCUT2D eigenvalue weighted by Crippen LogP contribution is -2.17. The van der Waals surface area contributed by atoms with Gasteiger partial charge in [0, 0.05) is 33.9 Å². The first-order valence-electron chi connectivity index (χ1n) is 15.1. The summed E-state index contributed by atoms with van der Waals surface area (Å²) in [6.07, 6.45) is 7.90. The Kier molecular flexibility index (Phi) is 6.62. The standard InChI is InChI=1S/C41H30N2O/c1-4-11-29(12-5-1)31-19-23-35(24-20-31)43(36-18-10-17-34(27-36)30-13-6-2-7-14-30)37-25-21-32-22-26-39-40(38(32)28-37)42-41(44-39)33-15-8-3-9-16-33/h1-19,21-28,31H,20H2. The van der Waals surface area contributed by atoms with Crippen LogP contribution in [0.25, 0.3) is 44.5 Å². The second-order valence-electron chi connectivity index (χ2n) is 11.2. The van der Waals surface area contributed by atoms with Crippen LogP contribution in [0, 0.1) is 0 Å². The predicted molar refractivity (Wildman–Crippen MR) is 182 cm³/mol. The minimum Gasteiger partial charge on any atom is -0.436 e. The van der Waals surface area contributed by atoms with Crippen LogP contribution in [0.4, 0.5) is 11.4 Å². The lowest BCUT2D eigenvalue weighted by atomic mass is 9.91. The fourth-order valence-corrected chi connectivity index (χ4v) is 6.17. The zero-order valence-corrected chi connectivity index (χ0v) is 24.2. The molecule has 1 heterocycles. The zero-order chi connectivity index (χ0) is 29.3. The van der Waals surface area contributed by atoms with Crippen molar-refractivity contribution in [1.29, 1.82) is 0 Å². The van der Waals surface area contributed by atoms with Crippen molar-refractivity contribution in [2.24, 2.45) is 0 Å². The Labute approximate surface area is 257 Å². The van der Waals surface area contributed by atoms with Gasteiger partial charge in [-0.2, -0.15) is 0 Å². The molecule has 1 aliphatic carbocycles. The summed E-state index contributed by atoms with van der Waals surface area (Å²) in [6.45, 7) is 0. The first-order valence-corrected chi connectivity index (χ1v) is 15.1. The molecule has 1 aromatic heterocycles. The normalized spacial score (nSPS) is 14.5. The Morgan fingerprint density at radius 3 is 2.05 bits per heavy atom. The van der Waals surface area contributed by atoms with E-state index in [-0.39, 0.29) is 0 Å². The van der Waals surface area contributed by atoms with E-state index in [9.17, 15) is 0 Å². The number of oxazole rings is 1. The lowest BCUT2D eigenvalue weighted by Gasteiger charge is -2.29. The van der Waals surface area contributed by atoms with Crippen LogP contribution in [0.15, 0.2) is 174 Å². The molecule has 0 fully saturated rings. The molecule has 44 heavy (non-hydrogen) atoms. The minimum absolute atomic E-state index is 0.361. The number of rotatable bonds is 6. The van der Waals surface area contributed by atoms with E-state index in [4.69, 9.17) is 9.40 Å². The van der Waals surface area contributed by atoms with Gasteiger partial charge in [0.1, 0.15) is 5.52 Å². The van der Waals surface area contributed by atoms with Crippen molar-refractivity contribution in [3.8, 4) is 22.6 Å². The Balaban J connectivity index is 1.25. The zero-order valence-electron chi connectivity index (χ0n) is 24.2. The van der Waals surface area contributed by atoms with Crippen LogP contribution >= 0.6 is 0 Å². The van der Waals surface area contributed by atoms with Gasteiger partial charge >= 0.3 is 0 Å². The molecule has 210 valence electrons. The van der Waals surface area contributed by atoms with Gasteiger partial charge in [-0.05, 0) is 77.0 Å². The largest absolute Gasteiger partial charge is 0.436 e. The number of anilines is 2. The van der Waals surface area contributed by atoms with Crippen LogP contribution < -0.4 is 4.90 Å². The summed E-state index contributed by atoms with van der Waals surface area (Å²) >= 11 is 0. The van der Waals surface area contributed by atoms with Crippen molar-refractivity contribution in [3.63, 3.8) is 0 Å². The summed E-state index contributed by atoms with van der Waals surface area (Å²) in [4.78, 5) is 7.34. The number of allylic oxidation sites excluding steroid dienone is 3. The molecular weight excluding hydrogens is 536 g/mol. The molecule has 0 spiro atoms. The molecule has 3 nitrogen and oxygen atoms in total. The van der Waals surface area contributed by atoms with Gasteiger partial charge in [0.2, 0.25) is 5.89 Å². The van der Waals surface area contributed by atoms with E-state index in [0.29, 0.717) is 11.8 Å². The van der Waals surface area contributed by atoms with Gasteiger partial charge in [0.05, 0.1) is 0 Å². The molecule has 6 aromatic carbocycles. The molecule has 3 heteroatoms. The molecule has 0 radical (unpaired) electrons. The fourth-order valence-electron chi connectivity index (χ4n) is 6.17. The van der Waals surface area contributed by atoms with Crippen molar-refractivity contribution in [3.05, 3.63) is 175 Å². The molecule has 1 atom stereocenters. The van der Waals surface area contributed by atoms with E-state index in [0.717, 1.165) is 50.9 Å². The molecule has 0 saturated heterocycles. The topological polar surface area (TPSA) is 29.3 Å². The van der Waals surface area contributed by atoms with E-state index >= 15 is 0 Å². The van der Waals surface area contributed by atoms with Crippen LogP contribution in [0.1, 0.15) is 17.9 Å². The number of aromatic nitrogens is 1. The van der Waals surface area contributed by atoms with Gasteiger partial charge in [-0.3, -0.25) is 0 Å². The van der Waals surface area contributed by atoms with Crippen molar-refractivity contribution >= 4 is 33.2 Å². The molecule has 7 aromatic rings. The monoisotopic (exact) mass is 566 g/mol. The first kappa shape index (κ1) is 26.0. The van der Waals surface area contributed by atoms with Gasteiger partial charge in [-0.1, -0.05) is 115 Å². The van der Waals surface area contributed by atoms with Crippen molar-refractivity contribution in [1.82, 2.24) is 4.98 Å². The SMILES string of the molecule is C1=CC(c2ccccc2)CC=C1N(c1cccc(-c2ccccc2)c1)c1ccc2ccc3oc(-c4ccccc4)nc3c2c1. The van der Waals surface area contributed by atoms with E-state index < -0.39 is 0 Å². The third-order valence-corrected chi connectivity index (χ3v) is 8.42. The second-order valence-corrected chi connectivity index (χ2v) is 11.2. The van der Waals surface area contributed by atoms with Crippen LogP contribution in [0.3, 0.4) is 0 Å². The van der Waals surface area contributed by atoms with E-state index in [2.05, 4.69) is 132 Å². The summed E-state index contributed by atoms with van der Waals surface area (Å²) in [5.74, 6) is 0.996. The number of benzene rings is 6. The van der Waals surface area contributed by atoms with Crippen LogP contribution in [0.2, 0.25) is 0 Å². The molecule has 8 rings (SSSR count). The highest BCUT2D eigenvalue weighted by Crippen LogP contribution is 2.39. The summed E-state index contributed by atoms with van der Waals surface area (Å²) < 4.78 is 6.23. The first-order chi connectivity index (χ1) is 21.8. The summed E-state index contributed by atoms with van der Waals surface area (Å²) in [5, 5.41) is 2.20. The minimum atomic E-state index is 0.361. The van der Waals surface area contributed by atoms with Gasteiger partial charge < -0.3 is 9.32 Å². The third kappa shape index (κ3) is 4.89. The van der Waals surface area contributed by atoms with Crippen molar-refractivity contribution < 1.29 is 4.42 Å². The number of fused-ring (bicyclic) bond motifs is 3. The molecular formula is C41H30N2O. The smallest absolute Gasteiger partial charge is 0.227 e. The Hall–Kier alpha value is -5.67. The average Bonchev–Trinajstić information content (AvgIpc) is 3.55. The number of nitrogens with zero attached hydrogens (tertiary/aromatic N) is 2. The summed E-state index contributed by atoms with van der Waals surface area (Å²) in [7, 11) is 0. The number of hydrogen-bond acceptors (Lipinski definition) is 3. The molecule has 0 bridgehead atoms. The van der Waals surface area contributed by atoms with E-state index in [1.165, 1.54) is 16.7 Å². The molecule has 0 aliphatic heterocycles. The summed E-state index contributed by atoms with van der Waals surface area (Å²) in [6, 6.07) is 51.0. The second kappa shape index (κ2) is 11.2. The van der Waals surface area contributed by atoms with Gasteiger partial charge in [-0.15, -0.1) is 0 Å². The molecule has 1 unspecified atom stereocenters. The van der Waals surface area contributed by atoms with Crippen molar-refractivity contribution in [2.45, 2.75) is 12.3 Å². The summed E-state index contributed by atoms with van der Waals surface area (Å²) in [5.41, 5.74) is 9.69. The Morgan fingerprint density at radius 1 is 0.614 bits per heavy atom. The Morgan fingerprint density at radius 2 is 1.30 bits per heavy atom. The average molecular weight is 567 g/mol. The quantitative estimate of drug-likeness (QED) is 0.200. The highest BCUT2D eigenvalue weighted by Gasteiger charge is 2.20. The van der Waals surface area contributed by atoms with Crippen LogP contribution in [-0.2, 0) is 0 Å². The molecule has 0 amide bonds. The highest BCUT2D eigenvalue weighted by atomic mass is 16.3. The van der Waals surface area contributed by atoms with E-state index in [1.54, 1.807) is 0 Å². The number of hydrogen-bond donors (Lipinski definition) is 0. The molecule has 0 saturated carbocycles. The molecule has 0 N–H and O–H groups in total. The van der Waals surface area contributed by atoms with Gasteiger partial charge in [-0.25, -0.2) is 4.98 Å². The predicted octanol–water partition coefficient (Wildman–Crippen LogP) is 11.1. The van der Waals surface area contributed by atoms with Gasteiger partial charge in [0.15, 0.2) is 5.58 Å². The fraction of sp³-hybridized carbons (Fsp3) is 0.0488. The lowest BCUT2D eigenvalue weighted by molar-refractivity contribution is 0.620. The Bertz CT molecular complexity index is 2140. The maximum atomic E-state index is 6.23. The van der Waals surface area contributed by atoms with Gasteiger partial charge in [0.25, 0.3) is 0 Å². The molecule has 1 aliphatic rings. The maximum Gasteiger partial charge on any atom is 0.227 e. The third-order valence-electron chi connectivity index (χ3n) is 8.42. The van der Waals surface area contributed by atoms with Crippen molar-refractivity contribution in [2.75, 3.05) is 4.90 Å².